The number of rotatable bonds is 58. The summed E-state index contributed by atoms with van der Waals surface area (Å²) < 4.78 is 70.2. The van der Waals surface area contributed by atoms with Gasteiger partial charge in [-0.3, -0.25) is 0 Å². The summed E-state index contributed by atoms with van der Waals surface area (Å²) in [7, 11) is -8.91. The number of aryl methyl sites for hydroxylation is 4. The smallest absolute Gasteiger partial charge is 0.744 e. The first-order chi connectivity index (χ1) is 42.9. The van der Waals surface area contributed by atoms with Gasteiger partial charge in [-0.05, 0) is 119 Å². The number of hydrogen-bond acceptors (Lipinski definition) is 6. The van der Waals surface area contributed by atoms with E-state index in [0.717, 1.165) is 60.1 Å². The second kappa shape index (κ2) is 56.0. The van der Waals surface area contributed by atoms with E-state index < -0.39 is 20.2 Å². The van der Waals surface area contributed by atoms with Crippen molar-refractivity contribution in [2.24, 2.45) is 0 Å². The topological polar surface area (TPSA) is 114 Å². The van der Waals surface area contributed by atoms with Crippen molar-refractivity contribution >= 4 is 90.7 Å². The normalized spacial score (nSPS) is 11.8. The Hall–Kier alpha value is -1.21. The Morgan fingerprint density at radius 3 is 0.640 bits per heavy atom. The quantitative estimate of drug-likeness (QED) is 0.0247. The molecule has 4 aromatic carbocycles. The molecular formula is C80H134BaO6S2. The number of fused-ring (bicyclic) bond motifs is 2. The summed E-state index contributed by atoms with van der Waals surface area (Å²) >= 11 is 0. The van der Waals surface area contributed by atoms with Crippen LogP contribution in [0.5, 0.6) is 0 Å². The van der Waals surface area contributed by atoms with Crippen molar-refractivity contribution in [2.45, 2.75) is 397 Å². The van der Waals surface area contributed by atoms with Crippen LogP contribution in [0.15, 0.2) is 70.5 Å². The van der Waals surface area contributed by atoms with Gasteiger partial charge >= 0.3 is 48.9 Å². The molecular weight excluding hydrogens is 1260 g/mol. The third-order valence-electron chi connectivity index (χ3n) is 19.0. The minimum absolute atomic E-state index is 0. The minimum atomic E-state index is -4.45. The van der Waals surface area contributed by atoms with Crippen LogP contribution in [0.3, 0.4) is 0 Å². The van der Waals surface area contributed by atoms with Gasteiger partial charge in [-0.2, -0.15) is 0 Å². The fourth-order valence-electron chi connectivity index (χ4n) is 13.4. The second-order valence-corrected chi connectivity index (χ2v) is 29.9. The van der Waals surface area contributed by atoms with Crippen LogP contribution in [0.2, 0.25) is 0 Å². The molecule has 0 bridgehead atoms. The van der Waals surface area contributed by atoms with Crippen LogP contribution in [-0.2, 0) is 45.9 Å². The molecule has 0 atom stereocenters. The van der Waals surface area contributed by atoms with Gasteiger partial charge in [0.1, 0.15) is 20.2 Å². The Bertz CT molecular complexity index is 2370. The molecule has 0 aliphatic heterocycles. The van der Waals surface area contributed by atoms with Crippen molar-refractivity contribution in [3.05, 3.63) is 82.9 Å². The molecule has 0 aliphatic carbocycles. The van der Waals surface area contributed by atoms with Crippen LogP contribution in [0.4, 0.5) is 0 Å². The maximum atomic E-state index is 11.7. The van der Waals surface area contributed by atoms with Crippen LogP contribution in [0.1, 0.15) is 384 Å². The molecule has 504 valence electrons. The van der Waals surface area contributed by atoms with Gasteiger partial charge in [-0.25, -0.2) is 16.8 Å². The second-order valence-electron chi connectivity index (χ2n) is 27.2. The van der Waals surface area contributed by atoms with E-state index in [0.29, 0.717) is 0 Å². The zero-order chi connectivity index (χ0) is 63.4. The first kappa shape index (κ1) is 83.9. The summed E-state index contributed by atoms with van der Waals surface area (Å²) in [5.41, 5.74) is 5.19. The third-order valence-corrected chi connectivity index (χ3v) is 20.6. The maximum absolute atomic E-state index is 11.7. The zero-order valence-corrected chi connectivity index (χ0v) is 64.4. The van der Waals surface area contributed by atoms with Crippen LogP contribution >= 0.6 is 0 Å². The molecule has 0 unspecified atom stereocenters. The van der Waals surface area contributed by atoms with E-state index in [1.54, 1.807) is 12.1 Å². The van der Waals surface area contributed by atoms with Gasteiger partial charge in [0.2, 0.25) is 0 Å². The number of hydrogen-bond donors (Lipinski definition) is 0. The van der Waals surface area contributed by atoms with E-state index in [9.17, 15) is 25.9 Å². The van der Waals surface area contributed by atoms with Gasteiger partial charge in [0, 0.05) is 0 Å². The largest absolute Gasteiger partial charge is 2.00 e. The van der Waals surface area contributed by atoms with Gasteiger partial charge in [0.15, 0.2) is 0 Å². The molecule has 0 fully saturated rings. The molecule has 0 spiro atoms. The molecule has 4 rings (SSSR count). The SMILES string of the molecule is CCCCCCCCCCCCCCCc1cc(CCCCCCCCCCCCCCC)c2ccc(S(=O)(=O)[O-])cc2c1.CCCCCCCCCCCCCCCc1cc(CCCCCCCCCCCCCCC)c2ccc(S(=O)(=O)[O-])cc2c1.[Ba+2]. The summed E-state index contributed by atoms with van der Waals surface area (Å²) in [6.45, 7) is 9.11. The molecule has 6 nitrogen and oxygen atoms in total. The molecule has 0 amide bonds. The Morgan fingerprint density at radius 1 is 0.247 bits per heavy atom. The average Bonchev–Trinajstić information content (AvgIpc) is 1.21. The fraction of sp³-hybridized carbons (Fsp3) is 0.750. The molecule has 89 heavy (non-hydrogen) atoms. The van der Waals surface area contributed by atoms with Crippen LogP contribution in [0, 0.1) is 0 Å². The number of benzene rings is 4. The van der Waals surface area contributed by atoms with Crippen molar-refractivity contribution in [1.82, 2.24) is 0 Å². The van der Waals surface area contributed by atoms with Gasteiger partial charge in [0.05, 0.1) is 9.79 Å². The Labute approximate surface area is 591 Å². The maximum Gasteiger partial charge on any atom is 2.00 e. The zero-order valence-electron chi connectivity index (χ0n) is 58.3. The van der Waals surface area contributed by atoms with Crippen LogP contribution in [-0.4, -0.2) is 74.8 Å². The molecule has 0 radical (unpaired) electrons. The van der Waals surface area contributed by atoms with Crippen molar-refractivity contribution in [3.8, 4) is 0 Å². The van der Waals surface area contributed by atoms with E-state index in [1.807, 2.05) is 12.1 Å². The minimum Gasteiger partial charge on any atom is -0.744 e. The molecule has 0 N–H and O–H groups in total. The molecule has 0 aliphatic rings. The summed E-state index contributed by atoms with van der Waals surface area (Å²) in [5.74, 6) is 0. The first-order valence-corrected chi connectivity index (χ1v) is 40.8. The van der Waals surface area contributed by atoms with Crippen LogP contribution in [0.25, 0.3) is 21.5 Å². The Morgan fingerprint density at radius 2 is 0.438 bits per heavy atom. The Balaban J connectivity index is 0.000000600. The summed E-state index contributed by atoms with van der Waals surface area (Å²) in [4.78, 5) is -0.231. The first-order valence-electron chi connectivity index (χ1n) is 37.9. The molecule has 0 saturated heterocycles. The molecule has 4 aromatic rings. The van der Waals surface area contributed by atoms with Crippen molar-refractivity contribution in [2.75, 3.05) is 0 Å². The summed E-state index contributed by atoms with van der Waals surface area (Å²) in [6.07, 6.45) is 74.2. The van der Waals surface area contributed by atoms with Gasteiger partial charge in [0.25, 0.3) is 0 Å². The van der Waals surface area contributed by atoms with Gasteiger partial charge in [-0.1, -0.05) is 372 Å². The predicted molar refractivity (Wildman–Crippen MR) is 387 cm³/mol. The fourth-order valence-corrected chi connectivity index (χ4v) is 14.4. The molecule has 0 aromatic heterocycles. The number of unbranched alkanes of at least 4 members (excludes halogenated alkanes) is 48. The summed E-state index contributed by atoms with van der Waals surface area (Å²) in [5, 5.41) is 4.01. The van der Waals surface area contributed by atoms with Crippen molar-refractivity contribution < 1.29 is 25.9 Å². The van der Waals surface area contributed by atoms with E-state index in [4.69, 9.17) is 0 Å². The molecule has 9 heteroatoms. The van der Waals surface area contributed by atoms with Crippen molar-refractivity contribution in [1.29, 1.82) is 0 Å². The standard InChI is InChI=1S/2C40H68O3S.Ba/c2*1-3-5-7-9-11-13-15-17-19-21-23-25-27-29-36-33-37(40-32-31-39(44(41,42)43)35-38(40)34-36)30-28-26-24-22-20-18-16-14-12-10-8-6-4-2;/h2*31-35H,3-30H2,1-2H3,(H,41,42,43);/q;;+2/p-2. The molecule has 0 heterocycles. The van der Waals surface area contributed by atoms with E-state index in [2.05, 4.69) is 52.0 Å². The van der Waals surface area contributed by atoms with Gasteiger partial charge in [-0.15, -0.1) is 0 Å². The van der Waals surface area contributed by atoms with Gasteiger partial charge < -0.3 is 9.11 Å². The van der Waals surface area contributed by atoms with E-state index in [1.165, 1.54) is 355 Å². The van der Waals surface area contributed by atoms with Crippen LogP contribution < -0.4 is 0 Å². The van der Waals surface area contributed by atoms with E-state index in [-0.39, 0.29) is 58.7 Å². The monoisotopic (exact) mass is 1390 g/mol. The third kappa shape index (κ3) is 42.8. The predicted octanol–water partition coefficient (Wildman–Crippen LogP) is 25.6. The van der Waals surface area contributed by atoms with E-state index >= 15 is 0 Å². The van der Waals surface area contributed by atoms with Crippen molar-refractivity contribution in [3.63, 3.8) is 0 Å². The molecule has 0 saturated carbocycles. The Kier molecular flexibility index (Phi) is 52.8. The average molecular weight is 1390 g/mol. The summed E-state index contributed by atoms with van der Waals surface area (Å²) in [6, 6.07) is 18.8.